The molecular formula is C17H12N2O3S3. The molecule has 1 aliphatic heterocycles. The molecule has 1 heterocycles. The molecule has 0 aliphatic carbocycles. The molecule has 0 bridgehead atoms. The van der Waals surface area contributed by atoms with Gasteiger partial charge in [0.25, 0.3) is 11.6 Å². The maximum Gasteiger partial charge on any atom is 0.270 e. The Morgan fingerprint density at radius 3 is 2.56 bits per heavy atom. The van der Waals surface area contributed by atoms with Gasteiger partial charge >= 0.3 is 0 Å². The highest BCUT2D eigenvalue weighted by atomic mass is 32.2. The van der Waals surface area contributed by atoms with E-state index in [0.29, 0.717) is 14.8 Å². The zero-order chi connectivity index (χ0) is 18.0. The van der Waals surface area contributed by atoms with E-state index in [2.05, 4.69) is 5.32 Å². The highest BCUT2D eigenvalue weighted by Gasteiger charge is 2.23. The summed E-state index contributed by atoms with van der Waals surface area (Å²) in [7, 11) is 0. The summed E-state index contributed by atoms with van der Waals surface area (Å²) in [6.07, 6.45) is 1.64. The third-order valence-corrected chi connectivity index (χ3v) is 5.64. The fraction of sp³-hybridized carbons (Fsp3) is 0.0588. The second-order valence-corrected chi connectivity index (χ2v) is 8.08. The third-order valence-electron chi connectivity index (χ3n) is 3.38. The van der Waals surface area contributed by atoms with Crippen molar-refractivity contribution >= 4 is 57.7 Å². The van der Waals surface area contributed by atoms with Crippen molar-refractivity contribution in [1.29, 1.82) is 0 Å². The van der Waals surface area contributed by atoms with Gasteiger partial charge in [0.1, 0.15) is 4.32 Å². The highest BCUT2D eigenvalue weighted by molar-refractivity contribution is 8.26. The molecule has 2 aromatic rings. The number of nitro groups is 1. The molecule has 5 nitrogen and oxygen atoms in total. The van der Waals surface area contributed by atoms with Crippen LogP contribution in [0.1, 0.15) is 11.1 Å². The Morgan fingerprint density at radius 1 is 1.24 bits per heavy atom. The normalized spacial score (nSPS) is 15.5. The molecule has 0 aromatic heterocycles. The lowest BCUT2D eigenvalue weighted by Gasteiger charge is -2.07. The van der Waals surface area contributed by atoms with Crippen molar-refractivity contribution in [1.82, 2.24) is 5.32 Å². The monoisotopic (exact) mass is 388 g/mol. The minimum Gasteiger partial charge on any atom is -0.307 e. The van der Waals surface area contributed by atoms with Gasteiger partial charge in [0.2, 0.25) is 0 Å². The number of benzene rings is 2. The summed E-state index contributed by atoms with van der Waals surface area (Å²) >= 11 is 7.62. The van der Waals surface area contributed by atoms with Crippen molar-refractivity contribution in [3.05, 3.63) is 68.6 Å². The Labute approximate surface area is 158 Å². The summed E-state index contributed by atoms with van der Waals surface area (Å²) in [5.41, 5.74) is 1.75. The molecule has 2 aromatic carbocycles. The molecule has 0 spiro atoms. The van der Waals surface area contributed by atoms with E-state index < -0.39 is 4.92 Å². The van der Waals surface area contributed by atoms with Gasteiger partial charge in [-0.2, -0.15) is 0 Å². The number of hydrogen-bond acceptors (Lipinski definition) is 6. The number of nitrogens with zero attached hydrogens (tertiary/aromatic N) is 1. The van der Waals surface area contributed by atoms with Crippen LogP contribution in [-0.4, -0.2) is 15.2 Å². The number of aryl methyl sites for hydroxylation is 1. The number of rotatable bonds is 4. The van der Waals surface area contributed by atoms with Crippen molar-refractivity contribution in [3.8, 4) is 0 Å². The van der Waals surface area contributed by atoms with Crippen LogP contribution in [0.25, 0.3) is 6.08 Å². The largest absolute Gasteiger partial charge is 0.307 e. The standard InChI is InChI=1S/C17H12N2O3S3/c1-10-2-5-13(6-3-10)24-14-7-4-12(19(21)22)8-11(14)9-15-16(20)18-17(23)25-15/h2-9H,1H3,(H,18,20,23). The van der Waals surface area contributed by atoms with Gasteiger partial charge in [0.05, 0.1) is 9.83 Å². The Bertz CT molecular complexity index is 908. The number of amides is 1. The smallest absolute Gasteiger partial charge is 0.270 e. The SMILES string of the molecule is Cc1ccc(Sc2ccc([N+](=O)[O-])cc2C=C2SC(=S)NC2=O)cc1. The second-order valence-electron chi connectivity index (χ2n) is 5.25. The predicted molar refractivity (Wildman–Crippen MR) is 105 cm³/mol. The molecule has 126 valence electrons. The lowest BCUT2D eigenvalue weighted by molar-refractivity contribution is -0.384. The lowest BCUT2D eigenvalue weighted by Crippen LogP contribution is -2.17. The van der Waals surface area contributed by atoms with Gasteiger partial charge in [-0.3, -0.25) is 14.9 Å². The molecule has 0 atom stereocenters. The van der Waals surface area contributed by atoms with Crippen molar-refractivity contribution in [2.24, 2.45) is 0 Å². The van der Waals surface area contributed by atoms with E-state index in [1.165, 1.54) is 23.9 Å². The van der Waals surface area contributed by atoms with E-state index in [4.69, 9.17) is 12.2 Å². The van der Waals surface area contributed by atoms with Crippen LogP contribution in [0.15, 0.2) is 57.2 Å². The number of thiocarbonyl (C=S) groups is 1. The van der Waals surface area contributed by atoms with E-state index in [1.54, 1.807) is 12.1 Å². The summed E-state index contributed by atoms with van der Waals surface area (Å²) in [6.45, 7) is 2.01. The molecule has 0 radical (unpaired) electrons. The zero-order valence-electron chi connectivity index (χ0n) is 13.0. The minimum atomic E-state index is -0.450. The molecule has 1 saturated heterocycles. The Morgan fingerprint density at radius 2 is 1.96 bits per heavy atom. The van der Waals surface area contributed by atoms with Crippen LogP contribution in [-0.2, 0) is 4.79 Å². The van der Waals surface area contributed by atoms with Crippen LogP contribution in [0.4, 0.5) is 5.69 Å². The van der Waals surface area contributed by atoms with Gasteiger partial charge in [0, 0.05) is 21.9 Å². The number of nitrogens with one attached hydrogen (secondary N) is 1. The number of hydrogen-bond donors (Lipinski definition) is 1. The first kappa shape index (κ1) is 17.7. The number of nitro benzene ring substituents is 1. The van der Waals surface area contributed by atoms with Gasteiger partial charge in [-0.1, -0.05) is 53.4 Å². The first-order valence-corrected chi connectivity index (χ1v) is 9.24. The fourth-order valence-corrected chi connectivity index (χ4v) is 4.08. The van der Waals surface area contributed by atoms with Crippen molar-refractivity contribution in [2.75, 3.05) is 0 Å². The van der Waals surface area contributed by atoms with Crippen LogP contribution in [0.5, 0.6) is 0 Å². The summed E-state index contributed by atoms with van der Waals surface area (Å²) in [5, 5.41) is 13.6. The van der Waals surface area contributed by atoms with E-state index in [1.807, 2.05) is 31.2 Å². The zero-order valence-corrected chi connectivity index (χ0v) is 15.5. The third kappa shape index (κ3) is 4.28. The summed E-state index contributed by atoms with van der Waals surface area (Å²) in [5.74, 6) is -0.284. The van der Waals surface area contributed by atoms with E-state index in [0.717, 1.165) is 27.1 Å². The summed E-state index contributed by atoms with van der Waals surface area (Å²) in [4.78, 5) is 24.8. The van der Waals surface area contributed by atoms with Crippen molar-refractivity contribution in [2.45, 2.75) is 16.7 Å². The average Bonchev–Trinajstić information content (AvgIpc) is 2.88. The highest BCUT2D eigenvalue weighted by Crippen LogP contribution is 2.35. The quantitative estimate of drug-likeness (QED) is 0.359. The topological polar surface area (TPSA) is 72.2 Å². The molecule has 1 fully saturated rings. The number of carbonyl (C=O) groups is 1. The van der Waals surface area contributed by atoms with E-state index in [-0.39, 0.29) is 11.6 Å². The van der Waals surface area contributed by atoms with Crippen LogP contribution < -0.4 is 5.32 Å². The molecular weight excluding hydrogens is 376 g/mol. The van der Waals surface area contributed by atoms with E-state index in [9.17, 15) is 14.9 Å². The van der Waals surface area contributed by atoms with Gasteiger partial charge in [-0.05, 0) is 36.8 Å². The molecule has 1 amide bonds. The lowest BCUT2D eigenvalue weighted by atomic mass is 10.2. The van der Waals surface area contributed by atoms with Crippen molar-refractivity contribution in [3.63, 3.8) is 0 Å². The second kappa shape index (κ2) is 7.38. The molecule has 3 rings (SSSR count). The van der Waals surface area contributed by atoms with Crippen molar-refractivity contribution < 1.29 is 9.72 Å². The molecule has 8 heteroatoms. The van der Waals surface area contributed by atoms with E-state index >= 15 is 0 Å². The first-order chi connectivity index (χ1) is 11.9. The van der Waals surface area contributed by atoms with Gasteiger partial charge in [0.15, 0.2) is 0 Å². The number of non-ortho nitro benzene ring substituents is 1. The molecule has 0 saturated carbocycles. The van der Waals surface area contributed by atoms with Gasteiger partial charge in [-0.25, -0.2) is 0 Å². The number of thioether (sulfide) groups is 1. The Kier molecular flexibility index (Phi) is 5.22. The molecule has 1 N–H and O–H groups in total. The van der Waals surface area contributed by atoms with Gasteiger partial charge < -0.3 is 5.32 Å². The van der Waals surface area contributed by atoms with Crippen LogP contribution in [0, 0.1) is 17.0 Å². The predicted octanol–water partition coefficient (Wildman–Crippen LogP) is 4.54. The minimum absolute atomic E-state index is 0.0221. The maximum atomic E-state index is 11.9. The van der Waals surface area contributed by atoms with Gasteiger partial charge in [-0.15, -0.1) is 0 Å². The number of carbonyl (C=O) groups excluding carboxylic acids is 1. The summed E-state index contributed by atoms with van der Waals surface area (Å²) < 4.78 is 0.384. The summed E-state index contributed by atoms with van der Waals surface area (Å²) in [6, 6.07) is 12.6. The Balaban J connectivity index is 2.01. The van der Waals surface area contributed by atoms with Crippen LogP contribution in [0.2, 0.25) is 0 Å². The van der Waals surface area contributed by atoms with Crippen LogP contribution >= 0.6 is 35.7 Å². The average molecular weight is 388 g/mol. The van der Waals surface area contributed by atoms with Crippen LogP contribution in [0.3, 0.4) is 0 Å². The molecule has 1 aliphatic rings. The fourth-order valence-electron chi connectivity index (χ4n) is 2.15. The Hall–Kier alpha value is -2.16. The maximum absolute atomic E-state index is 11.9. The molecule has 25 heavy (non-hydrogen) atoms. The first-order valence-electron chi connectivity index (χ1n) is 7.20. The molecule has 0 unspecified atom stereocenters.